The maximum atomic E-state index is 9.02. The minimum absolute atomic E-state index is 0.0000999. The van der Waals surface area contributed by atoms with Crippen molar-refractivity contribution in [3.8, 4) is 36.4 Å². The highest BCUT2D eigenvalue weighted by molar-refractivity contribution is 5.79. The lowest BCUT2D eigenvalue weighted by Crippen LogP contribution is -2.09. The third-order valence-electron chi connectivity index (χ3n) is 5.11. The first-order valence-electron chi connectivity index (χ1n) is 10.7. The van der Waals surface area contributed by atoms with Gasteiger partial charge in [0.05, 0.1) is 0 Å². The van der Waals surface area contributed by atoms with Gasteiger partial charge in [-0.05, 0) is 71.3 Å². The molecule has 0 aliphatic carbocycles. The van der Waals surface area contributed by atoms with Crippen molar-refractivity contribution in [1.82, 2.24) is 0 Å². The zero-order valence-corrected chi connectivity index (χ0v) is 19.3. The summed E-state index contributed by atoms with van der Waals surface area (Å²) in [5, 5.41) is 54.1. The molecule has 0 aliphatic rings. The van der Waals surface area contributed by atoms with Crippen molar-refractivity contribution in [2.24, 2.45) is 0 Å². The number of hydrogen-bond acceptors (Lipinski definition) is 7. The fraction of sp³-hybridized carbons (Fsp3) is 0. The fourth-order valence-electron chi connectivity index (χ4n) is 3.37. The Labute approximate surface area is 214 Å². The molecule has 0 saturated heterocycles. The molecule has 0 fully saturated rings. The molecule has 0 bridgehead atoms. The van der Waals surface area contributed by atoms with Gasteiger partial charge in [-0.3, -0.25) is 0 Å². The zero-order chi connectivity index (χ0) is 26.6. The van der Waals surface area contributed by atoms with Crippen molar-refractivity contribution in [3.63, 3.8) is 0 Å². The highest BCUT2D eigenvalue weighted by atomic mass is 15.1. The standard InChI is InChI=1S/C30H15N7/c31-16-25(17-32)13-22-1-7-28(8-2-22)37(29-9-3-23(4-10-29)14-26(18-33)19-34)30-11-5-24(6-12-30)15-27(20-35)21-36/h1-15H. The monoisotopic (exact) mass is 473 g/mol. The van der Waals surface area contributed by atoms with Gasteiger partial charge in [0.25, 0.3) is 0 Å². The van der Waals surface area contributed by atoms with E-state index in [4.69, 9.17) is 31.6 Å². The Morgan fingerprint density at radius 3 is 0.811 bits per heavy atom. The molecule has 0 aliphatic heterocycles. The second-order valence-corrected chi connectivity index (χ2v) is 7.45. The molecule has 0 radical (unpaired) electrons. The van der Waals surface area contributed by atoms with Crippen molar-refractivity contribution in [2.45, 2.75) is 0 Å². The van der Waals surface area contributed by atoms with Crippen molar-refractivity contribution in [3.05, 3.63) is 106 Å². The van der Waals surface area contributed by atoms with Crippen LogP contribution in [-0.2, 0) is 0 Å². The number of hydrogen-bond donors (Lipinski definition) is 0. The normalized spacial score (nSPS) is 8.92. The quantitative estimate of drug-likeness (QED) is 0.374. The van der Waals surface area contributed by atoms with E-state index >= 15 is 0 Å². The van der Waals surface area contributed by atoms with Crippen molar-refractivity contribution in [2.75, 3.05) is 4.90 Å². The Morgan fingerprint density at radius 2 is 0.622 bits per heavy atom. The van der Waals surface area contributed by atoms with E-state index in [2.05, 4.69) is 0 Å². The number of nitrogens with zero attached hydrogens (tertiary/aromatic N) is 7. The molecule has 3 aromatic carbocycles. The number of rotatable bonds is 6. The molecule has 0 heterocycles. The van der Waals surface area contributed by atoms with E-state index in [9.17, 15) is 0 Å². The van der Waals surface area contributed by atoms with Gasteiger partial charge in [-0.15, -0.1) is 0 Å². The van der Waals surface area contributed by atoms with E-state index in [1.807, 2.05) is 77.7 Å². The predicted molar refractivity (Wildman–Crippen MR) is 139 cm³/mol. The second-order valence-electron chi connectivity index (χ2n) is 7.45. The zero-order valence-electron chi connectivity index (χ0n) is 19.3. The lowest BCUT2D eigenvalue weighted by Gasteiger charge is -2.26. The Morgan fingerprint density at radius 1 is 0.405 bits per heavy atom. The molecule has 0 atom stereocenters. The van der Waals surface area contributed by atoms with Gasteiger partial charge < -0.3 is 4.90 Å². The van der Waals surface area contributed by atoms with Gasteiger partial charge in [-0.25, -0.2) is 0 Å². The maximum Gasteiger partial charge on any atom is 0.130 e. The second kappa shape index (κ2) is 12.2. The van der Waals surface area contributed by atoms with Crippen molar-refractivity contribution >= 4 is 35.3 Å². The van der Waals surface area contributed by atoms with Gasteiger partial charge in [0.15, 0.2) is 0 Å². The summed E-state index contributed by atoms with van der Waals surface area (Å²) >= 11 is 0. The molecular formula is C30H15N7. The van der Waals surface area contributed by atoms with Gasteiger partial charge in [0, 0.05) is 17.1 Å². The molecule has 0 saturated carbocycles. The average molecular weight is 473 g/mol. The molecule has 7 nitrogen and oxygen atoms in total. The van der Waals surface area contributed by atoms with E-state index in [0.717, 1.165) is 17.1 Å². The van der Waals surface area contributed by atoms with E-state index in [-0.39, 0.29) is 16.7 Å². The number of anilines is 3. The van der Waals surface area contributed by atoms with Crippen LogP contribution in [0.5, 0.6) is 0 Å². The summed E-state index contributed by atoms with van der Waals surface area (Å²) in [6.07, 6.45) is 4.50. The van der Waals surface area contributed by atoms with Crippen LogP contribution in [0.25, 0.3) is 18.2 Å². The van der Waals surface area contributed by atoms with Gasteiger partial charge in [0.1, 0.15) is 53.1 Å². The molecule has 0 spiro atoms. The van der Waals surface area contributed by atoms with Gasteiger partial charge >= 0.3 is 0 Å². The molecule has 0 unspecified atom stereocenters. The molecule has 0 aromatic heterocycles. The lowest BCUT2D eigenvalue weighted by atomic mass is 10.1. The highest BCUT2D eigenvalue weighted by Crippen LogP contribution is 2.35. The molecular weight excluding hydrogens is 458 g/mol. The summed E-state index contributed by atoms with van der Waals surface area (Å²) < 4.78 is 0. The topological polar surface area (TPSA) is 146 Å². The number of allylic oxidation sites excluding steroid dienone is 3. The van der Waals surface area contributed by atoms with E-state index in [1.165, 1.54) is 18.2 Å². The average Bonchev–Trinajstić information content (AvgIpc) is 2.95. The first-order chi connectivity index (χ1) is 18.0. The molecule has 170 valence electrons. The third kappa shape index (κ3) is 6.36. The smallest absolute Gasteiger partial charge is 0.130 e. The number of benzene rings is 3. The minimum atomic E-state index is 0.0000999. The fourth-order valence-corrected chi connectivity index (χ4v) is 3.37. The Hall–Kier alpha value is -6.38. The first-order valence-corrected chi connectivity index (χ1v) is 10.7. The molecule has 37 heavy (non-hydrogen) atoms. The highest BCUT2D eigenvalue weighted by Gasteiger charge is 2.13. The molecule has 0 amide bonds. The van der Waals surface area contributed by atoms with Gasteiger partial charge in [-0.1, -0.05) is 36.4 Å². The summed E-state index contributed by atoms with van der Waals surface area (Å²) in [6.45, 7) is 0. The largest absolute Gasteiger partial charge is 0.311 e. The van der Waals surface area contributed by atoms with Crippen LogP contribution in [0.15, 0.2) is 89.5 Å². The summed E-state index contributed by atoms with van der Waals surface area (Å²) in [7, 11) is 0. The SMILES string of the molecule is N#CC(C#N)=Cc1ccc(N(c2ccc(C=C(C#N)C#N)cc2)c2ccc(C=C(C#N)C#N)cc2)cc1. The molecule has 0 N–H and O–H groups in total. The Bertz CT molecular complexity index is 1400. The summed E-state index contributed by atoms with van der Waals surface area (Å²) in [6, 6.07) is 33.0. The van der Waals surface area contributed by atoms with Crippen LogP contribution in [0.3, 0.4) is 0 Å². The van der Waals surface area contributed by atoms with E-state index < -0.39 is 0 Å². The summed E-state index contributed by atoms with van der Waals surface area (Å²) in [4.78, 5) is 1.97. The molecule has 3 rings (SSSR count). The lowest BCUT2D eigenvalue weighted by molar-refractivity contribution is 1.28. The third-order valence-corrected chi connectivity index (χ3v) is 5.11. The Balaban J connectivity index is 2.07. The van der Waals surface area contributed by atoms with Crippen LogP contribution >= 0.6 is 0 Å². The van der Waals surface area contributed by atoms with E-state index in [0.29, 0.717) is 16.7 Å². The van der Waals surface area contributed by atoms with Crippen molar-refractivity contribution < 1.29 is 0 Å². The Kier molecular flexibility index (Phi) is 8.32. The minimum Gasteiger partial charge on any atom is -0.311 e. The van der Waals surface area contributed by atoms with Crippen LogP contribution in [0.1, 0.15) is 16.7 Å². The summed E-state index contributed by atoms with van der Waals surface area (Å²) in [5.41, 5.74) is 4.48. The molecule has 7 heteroatoms. The number of nitriles is 6. The first kappa shape index (κ1) is 25.2. The van der Waals surface area contributed by atoms with Gasteiger partial charge in [0.2, 0.25) is 0 Å². The maximum absolute atomic E-state index is 9.02. The predicted octanol–water partition coefficient (Wildman–Crippen LogP) is 6.45. The molecule has 3 aromatic rings. The summed E-state index contributed by atoms with van der Waals surface area (Å²) in [5.74, 6) is 0. The van der Waals surface area contributed by atoms with Crippen LogP contribution in [0, 0.1) is 68.0 Å². The van der Waals surface area contributed by atoms with Crippen LogP contribution in [0.4, 0.5) is 17.1 Å². The van der Waals surface area contributed by atoms with Gasteiger partial charge in [-0.2, -0.15) is 31.6 Å². The van der Waals surface area contributed by atoms with Crippen LogP contribution < -0.4 is 4.90 Å². The van der Waals surface area contributed by atoms with Crippen LogP contribution in [-0.4, -0.2) is 0 Å². The van der Waals surface area contributed by atoms with Crippen LogP contribution in [0.2, 0.25) is 0 Å². The van der Waals surface area contributed by atoms with E-state index in [1.54, 1.807) is 36.4 Å². The van der Waals surface area contributed by atoms with Crippen molar-refractivity contribution in [1.29, 1.82) is 31.6 Å².